The van der Waals surface area contributed by atoms with Crippen LogP contribution < -0.4 is 20.1 Å². The molecule has 0 bridgehead atoms. The Hall–Kier alpha value is -3.16. The van der Waals surface area contributed by atoms with Crippen LogP contribution in [0.15, 0.2) is 33.7 Å². The zero-order chi connectivity index (χ0) is 19.9. The lowest BCUT2D eigenvalue weighted by Gasteiger charge is -2.13. The topological polar surface area (TPSA) is 94.3 Å². The van der Waals surface area contributed by atoms with E-state index >= 15 is 0 Å². The summed E-state index contributed by atoms with van der Waals surface area (Å²) in [4.78, 5) is 16.2. The fraction of sp³-hybridized carbons (Fsp3) is 0.400. The van der Waals surface area contributed by atoms with E-state index < -0.39 is 5.97 Å². The van der Waals surface area contributed by atoms with Gasteiger partial charge in [-0.15, -0.1) is 0 Å². The average Bonchev–Trinajstić information content (AvgIpc) is 2.91. The highest BCUT2D eigenvalue weighted by atomic mass is 16.5. The van der Waals surface area contributed by atoms with Gasteiger partial charge in [0.2, 0.25) is 0 Å². The van der Waals surface area contributed by atoms with Crippen molar-refractivity contribution < 1.29 is 23.4 Å². The fourth-order valence-corrected chi connectivity index (χ4v) is 2.78. The van der Waals surface area contributed by atoms with E-state index in [4.69, 9.17) is 18.6 Å². The number of methoxy groups -OCH3 is 1. The fourth-order valence-electron chi connectivity index (χ4n) is 2.78. The van der Waals surface area contributed by atoms with Gasteiger partial charge in [0, 0.05) is 24.7 Å². The second kappa shape index (κ2) is 9.16. The minimum Gasteiger partial charge on any atom is -0.490 e. The number of carbonyl (C=O) groups excluding carboxylic acids is 1. The minimum absolute atomic E-state index is 0.276. The van der Waals surface area contributed by atoms with Gasteiger partial charge in [0.1, 0.15) is 23.6 Å². The van der Waals surface area contributed by atoms with Crippen molar-refractivity contribution >= 4 is 17.6 Å². The molecule has 0 unspecified atom stereocenters. The predicted molar refractivity (Wildman–Crippen MR) is 105 cm³/mol. The lowest BCUT2D eigenvalue weighted by molar-refractivity contribution is 0.0599. The number of nitrogens with one attached hydrogen (secondary N) is 2. The molecule has 2 heterocycles. The first-order valence-electron chi connectivity index (χ1n) is 9.23. The molecule has 0 atom stereocenters. The average molecular weight is 387 g/mol. The van der Waals surface area contributed by atoms with Gasteiger partial charge in [0.05, 0.1) is 20.3 Å². The SMILES string of the molecule is CCNC(=NCc1cc(C(=O)OC)c(C)o1)Nc1ccc2c(c1)OCCCO2. The largest absolute Gasteiger partial charge is 0.490 e. The summed E-state index contributed by atoms with van der Waals surface area (Å²) in [7, 11) is 1.34. The molecule has 3 rings (SSSR count). The number of carbonyl (C=O) groups is 1. The van der Waals surface area contributed by atoms with Gasteiger partial charge in [0.25, 0.3) is 0 Å². The second-order valence-corrected chi connectivity index (χ2v) is 6.21. The molecule has 8 nitrogen and oxygen atoms in total. The number of ether oxygens (including phenoxy) is 3. The standard InChI is InChI=1S/C20H25N3O5/c1-4-21-20(22-12-15-11-16(13(2)28-15)19(24)25-3)23-14-6-7-17-18(10-14)27-9-5-8-26-17/h6-7,10-11H,4-5,8-9,12H2,1-3H3,(H2,21,22,23). The summed E-state index contributed by atoms with van der Waals surface area (Å²) in [6.07, 6.45) is 0.859. The van der Waals surface area contributed by atoms with E-state index in [2.05, 4.69) is 15.6 Å². The second-order valence-electron chi connectivity index (χ2n) is 6.21. The van der Waals surface area contributed by atoms with E-state index in [0.29, 0.717) is 48.6 Å². The summed E-state index contributed by atoms with van der Waals surface area (Å²) in [5.41, 5.74) is 1.24. The van der Waals surface area contributed by atoms with Crippen LogP contribution in [0.25, 0.3) is 0 Å². The number of hydrogen-bond donors (Lipinski definition) is 2. The number of benzene rings is 1. The first-order valence-corrected chi connectivity index (χ1v) is 9.23. The van der Waals surface area contributed by atoms with Crippen LogP contribution in [0.4, 0.5) is 5.69 Å². The Morgan fingerprint density at radius 3 is 2.75 bits per heavy atom. The van der Waals surface area contributed by atoms with Crippen LogP contribution >= 0.6 is 0 Å². The highest BCUT2D eigenvalue weighted by molar-refractivity contribution is 5.94. The van der Waals surface area contributed by atoms with Crippen molar-refractivity contribution in [2.24, 2.45) is 4.99 Å². The van der Waals surface area contributed by atoms with Crippen LogP contribution in [0.2, 0.25) is 0 Å². The summed E-state index contributed by atoms with van der Waals surface area (Å²) in [6.45, 7) is 5.96. The van der Waals surface area contributed by atoms with Crippen molar-refractivity contribution in [2.75, 3.05) is 32.2 Å². The third kappa shape index (κ3) is 4.76. The Balaban J connectivity index is 1.73. The number of hydrogen-bond acceptors (Lipinski definition) is 6. The quantitative estimate of drug-likeness (QED) is 0.462. The van der Waals surface area contributed by atoms with Crippen LogP contribution in [-0.4, -0.2) is 38.8 Å². The Morgan fingerprint density at radius 1 is 1.21 bits per heavy atom. The monoisotopic (exact) mass is 387 g/mol. The van der Waals surface area contributed by atoms with Crippen LogP contribution in [0.1, 0.15) is 35.2 Å². The molecule has 8 heteroatoms. The minimum atomic E-state index is -0.422. The number of furan rings is 1. The van der Waals surface area contributed by atoms with Gasteiger partial charge >= 0.3 is 5.97 Å². The number of esters is 1. The summed E-state index contributed by atoms with van der Waals surface area (Å²) >= 11 is 0. The van der Waals surface area contributed by atoms with Gasteiger partial charge in [-0.1, -0.05) is 0 Å². The van der Waals surface area contributed by atoms with E-state index in [0.717, 1.165) is 17.9 Å². The molecule has 0 aliphatic carbocycles. The first kappa shape index (κ1) is 19.6. The zero-order valence-corrected chi connectivity index (χ0v) is 16.3. The lowest BCUT2D eigenvalue weighted by Crippen LogP contribution is -2.30. The predicted octanol–water partition coefficient (Wildman–Crippen LogP) is 3.11. The third-order valence-electron chi connectivity index (χ3n) is 4.12. The Kier molecular flexibility index (Phi) is 6.41. The molecule has 2 N–H and O–H groups in total. The molecule has 1 aliphatic heterocycles. The van der Waals surface area contributed by atoms with Crippen molar-refractivity contribution in [3.8, 4) is 11.5 Å². The molecular weight excluding hydrogens is 362 g/mol. The highest BCUT2D eigenvalue weighted by Crippen LogP contribution is 2.32. The molecule has 0 saturated heterocycles. The van der Waals surface area contributed by atoms with Gasteiger partial charge in [-0.3, -0.25) is 0 Å². The van der Waals surface area contributed by atoms with Crippen molar-refractivity contribution in [3.05, 3.63) is 41.3 Å². The first-order chi connectivity index (χ1) is 13.6. The summed E-state index contributed by atoms with van der Waals surface area (Å²) < 4.78 is 21.7. The molecule has 0 radical (unpaired) electrons. The molecule has 150 valence electrons. The van der Waals surface area contributed by atoms with Gasteiger partial charge in [0.15, 0.2) is 17.5 Å². The number of aryl methyl sites for hydroxylation is 1. The number of guanidine groups is 1. The summed E-state index contributed by atoms with van der Waals surface area (Å²) in [5.74, 6) is 2.71. The number of anilines is 1. The van der Waals surface area contributed by atoms with E-state index in [1.165, 1.54) is 7.11 Å². The molecule has 0 amide bonds. The van der Waals surface area contributed by atoms with Crippen molar-refractivity contribution in [3.63, 3.8) is 0 Å². The van der Waals surface area contributed by atoms with Crippen molar-refractivity contribution in [2.45, 2.75) is 26.8 Å². The molecule has 0 fully saturated rings. The van der Waals surface area contributed by atoms with Crippen LogP contribution in [-0.2, 0) is 11.3 Å². The maximum absolute atomic E-state index is 11.7. The maximum Gasteiger partial charge on any atom is 0.341 e. The number of rotatable bonds is 5. The van der Waals surface area contributed by atoms with E-state index in [1.54, 1.807) is 13.0 Å². The van der Waals surface area contributed by atoms with Gasteiger partial charge in [-0.25, -0.2) is 9.79 Å². The highest BCUT2D eigenvalue weighted by Gasteiger charge is 2.15. The Labute approximate surface area is 163 Å². The molecule has 2 aromatic rings. The molecule has 1 aromatic heterocycles. The third-order valence-corrected chi connectivity index (χ3v) is 4.12. The molecular formula is C20H25N3O5. The molecule has 28 heavy (non-hydrogen) atoms. The summed E-state index contributed by atoms with van der Waals surface area (Å²) in [6, 6.07) is 7.33. The zero-order valence-electron chi connectivity index (χ0n) is 16.3. The smallest absolute Gasteiger partial charge is 0.341 e. The maximum atomic E-state index is 11.7. The van der Waals surface area contributed by atoms with Crippen LogP contribution in [0.3, 0.4) is 0 Å². The van der Waals surface area contributed by atoms with E-state index in [9.17, 15) is 4.79 Å². The van der Waals surface area contributed by atoms with Gasteiger partial charge in [-0.2, -0.15) is 0 Å². The van der Waals surface area contributed by atoms with Crippen LogP contribution in [0, 0.1) is 6.92 Å². The Morgan fingerprint density at radius 2 is 2.00 bits per heavy atom. The van der Waals surface area contributed by atoms with E-state index in [-0.39, 0.29) is 6.54 Å². The van der Waals surface area contributed by atoms with Gasteiger partial charge in [-0.05, 0) is 32.0 Å². The lowest BCUT2D eigenvalue weighted by atomic mass is 10.2. The van der Waals surface area contributed by atoms with Crippen LogP contribution in [0.5, 0.6) is 11.5 Å². The summed E-state index contributed by atoms with van der Waals surface area (Å²) in [5, 5.41) is 6.43. The number of fused-ring (bicyclic) bond motifs is 1. The molecule has 0 saturated carbocycles. The normalized spacial score (nSPS) is 13.6. The van der Waals surface area contributed by atoms with Gasteiger partial charge < -0.3 is 29.3 Å². The molecule has 1 aromatic carbocycles. The number of aliphatic imine (C=N–C) groups is 1. The number of nitrogens with zero attached hydrogens (tertiary/aromatic N) is 1. The Bertz CT molecular complexity index is 860. The molecule has 0 spiro atoms. The van der Waals surface area contributed by atoms with Crippen molar-refractivity contribution in [1.82, 2.24) is 5.32 Å². The van der Waals surface area contributed by atoms with E-state index in [1.807, 2.05) is 25.1 Å². The van der Waals surface area contributed by atoms with Crippen molar-refractivity contribution in [1.29, 1.82) is 0 Å². The molecule has 1 aliphatic rings.